The monoisotopic (exact) mass is 478 g/mol. The number of rotatable bonds is 4. The van der Waals surface area contributed by atoms with Gasteiger partial charge in [0.25, 0.3) is 11.5 Å². The van der Waals surface area contributed by atoms with Crippen molar-refractivity contribution in [1.29, 1.82) is 0 Å². The fourth-order valence-electron chi connectivity index (χ4n) is 3.87. The number of alkyl halides is 3. The summed E-state index contributed by atoms with van der Waals surface area (Å²) in [5, 5.41) is 3.73. The zero-order valence-electron chi connectivity index (χ0n) is 18.2. The molecule has 5 aromatic rings. The summed E-state index contributed by atoms with van der Waals surface area (Å²) in [6, 6.07) is 12.3. The molecule has 35 heavy (non-hydrogen) atoms. The van der Waals surface area contributed by atoms with Gasteiger partial charge in [-0.1, -0.05) is 6.07 Å². The van der Waals surface area contributed by atoms with Crippen molar-refractivity contribution in [2.45, 2.75) is 19.1 Å². The molecule has 5 rings (SSSR count). The minimum Gasteiger partial charge on any atom is -0.458 e. The largest absolute Gasteiger partial charge is 0.458 e. The van der Waals surface area contributed by atoms with Gasteiger partial charge in [-0.25, -0.2) is 4.98 Å². The average molecular weight is 478 g/mol. The van der Waals surface area contributed by atoms with Gasteiger partial charge in [-0.05, 0) is 55.5 Å². The van der Waals surface area contributed by atoms with Crippen LogP contribution in [0.3, 0.4) is 0 Å². The lowest BCUT2D eigenvalue weighted by molar-refractivity contribution is -0.137. The molecule has 0 unspecified atom stereocenters. The van der Waals surface area contributed by atoms with Crippen LogP contribution >= 0.6 is 0 Å². The van der Waals surface area contributed by atoms with Gasteiger partial charge in [0.2, 0.25) is 0 Å². The van der Waals surface area contributed by atoms with Crippen molar-refractivity contribution < 1.29 is 22.4 Å². The van der Waals surface area contributed by atoms with Crippen LogP contribution in [0.2, 0.25) is 0 Å². The van der Waals surface area contributed by atoms with Crippen molar-refractivity contribution in [2.75, 3.05) is 0 Å². The van der Waals surface area contributed by atoms with Crippen molar-refractivity contribution in [2.24, 2.45) is 0 Å². The molecule has 0 saturated heterocycles. The van der Waals surface area contributed by atoms with Gasteiger partial charge in [-0.15, -0.1) is 0 Å². The Labute approximate surface area is 195 Å². The number of amides is 1. The Balaban J connectivity index is 1.60. The Kier molecular flexibility index (Phi) is 5.35. The van der Waals surface area contributed by atoms with Crippen molar-refractivity contribution in [3.05, 3.63) is 100 Å². The number of halogens is 3. The van der Waals surface area contributed by atoms with E-state index >= 15 is 0 Å². The number of furan rings is 1. The normalized spacial score (nSPS) is 12.7. The molecule has 4 aromatic heterocycles. The molecule has 0 aliphatic carbocycles. The highest BCUT2D eigenvalue weighted by Crippen LogP contribution is 2.30. The molecule has 0 fully saturated rings. The van der Waals surface area contributed by atoms with Crippen LogP contribution in [-0.4, -0.2) is 20.4 Å². The van der Waals surface area contributed by atoms with Gasteiger partial charge in [0.05, 0.1) is 34.8 Å². The van der Waals surface area contributed by atoms with Crippen LogP contribution in [-0.2, 0) is 6.18 Å². The summed E-state index contributed by atoms with van der Waals surface area (Å²) in [6.45, 7) is 1.80. The maximum absolute atomic E-state index is 13.1. The first kappa shape index (κ1) is 22.3. The molecule has 10 heteroatoms. The molecule has 0 bridgehead atoms. The van der Waals surface area contributed by atoms with Crippen LogP contribution in [0.25, 0.3) is 27.7 Å². The average Bonchev–Trinajstić information content (AvgIpc) is 3.35. The van der Waals surface area contributed by atoms with Crippen LogP contribution in [0.1, 0.15) is 34.6 Å². The van der Waals surface area contributed by atoms with Crippen LogP contribution in [0.5, 0.6) is 0 Å². The molecule has 0 aliphatic rings. The molecule has 0 aliphatic heterocycles. The van der Waals surface area contributed by atoms with Crippen molar-refractivity contribution in [3.8, 4) is 5.69 Å². The minimum absolute atomic E-state index is 0.00129. The quantitative estimate of drug-likeness (QED) is 0.391. The van der Waals surface area contributed by atoms with E-state index in [-0.39, 0.29) is 28.5 Å². The highest BCUT2D eigenvalue weighted by atomic mass is 19.4. The lowest BCUT2D eigenvalue weighted by Crippen LogP contribution is -2.27. The molecule has 0 spiro atoms. The van der Waals surface area contributed by atoms with E-state index in [9.17, 15) is 22.8 Å². The summed E-state index contributed by atoms with van der Waals surface area (Å²) in [5.41, 5.74) is -0.142. The predicted octanol–water partition coefficient (Wildman–Crippen LogP) is 5.04. The fraction of sp³-hybridized carbons (Fsp3) is 0.120. The number of fused-ring (bicyclic) bond motifs is 3. The van der Waals surface area contributed by atoms with E-state index in [2.05, 4.69) is 15.3 Å². The highest BCUT2D eigenvalue weighted by Gasteiger charge is 2.30. The summed E-state index contributed by atoms with van der Waals surface area (Å²) in [4.78, 5) is 34.6. The SMILES string of the molecule is C[C@H](NC(=O)c1cnc2c(c1)c1ccoc1c(=O)n2-c1ccc(C(F)(F)F)cc1)c1ccccn1. The molecular weight excluding hydrogens is 461 g/mol. The van der Waals surface area contributed by atoms with Crippen LogP contribution in [0.4, 0.5) is 13.2 Å². The molecule has 1 amide bonds. The van der Waals surface area contributed by atoms with Crippen LogP contribution in [0, 0.1) is 0 Å². The van der Waals surface area contributed by atoms with E-state index in [1.807, 2.05) is 6.07 Å². The number of nitrogens with zero attached hydrogens (tertiary/aromatic N) is 3. The first-order valence-electron chi connectivity index (χ1n) is 10.6. The number of nitrogens with one attached hydrogen (secondary N) is 1. The molecular formula is C25H17F3N4O3. The molecule has 0 radical (unpaired) electrons. The number of hydrogen-bond acceptors (Lipinski definition) is 5. The molecule has 176 valence electrons. The molecule has 7 nitrogen and oxygen atoms in total. The number of pyridine rings is 3. The maximum Gasteiger partial charge on any atom is 0.416 e. The minimum atomic E-state index is -4.51. The number of carbonyl (C=O) groups excluding carboxylic acids is 1. The van der Waals surface area contributed by atoms with E-state index in [0.717, 1.165) is 12.1 Å². The van der Waals surface area contributed by atoms with Gasteiger partial charge in [-0.3, -0.25) is 19.1 Å². The Morgan fingerprint density at radius 2 is 1.83 bits per heavy atom. The number of hydrogen-bond donors (Lipinski definition) is 1. The van der Waals surface area contributed by atoms with Gasteiger partial charge in [0, 0.05) is 23.2 Å². The molecule has 0 saturated carbocycles. The van der Waals surface area contributed by atoms with E-state index < -0.39 is 23.2 Å². The number of aromatic nitrogens is 3. The first-order chi connectivity index (χ1) is 16.7. The summed E-state index contributed by atoms with van der Waals surface area (Å²) in [5.74, 6) is -0.401. The van der Waals surface area contributed by atoms with E-state index in [0.29, 0.717) is 16.5 Å². The number of benzene rings is 1. The second-order valence-electron chi connectivity index (χ2n) is 7.89. The second kappa shape index (κ2) is 8.39. The maximum atomic E-state index is 13.1. The first-order valence-corrected chi connectivity index (χ1v) is 10.6. The highest BCUT2D eigenvalue weighted by molar-refractivity contribution is 6.06. The third kappa shape index (κ3) is 4.03. The van der Waals surface area contributed by atoms with E-state index in [4.69, 9.17) is 4.42 Å². The zero-order chi connectivity index (χ0) is 24.7. The second-order valence-corrected chi connectivity index (χ2v) is 7.89. The summed E-state index contributed by atoms with van der Waals surface area (Å²) in [7, 11) is 0. The third-order valence-electron chi connectivity index (χ3n) is 5.63. The summed E-state index contributed by atoms with van der Waals surface area (Å²) < 4.78 is 45.5. The van der Waals surface area contributed by atoms with Crippen molar-refractivity contribution in [1.82, 2.24) is 19.9 Å². The topological polar surface area (TPSA) is 90.0 Å². The van der Waals surface area contributed by atoms with Crippen molar-refractivity contribution >= 4 is 27.9 Å². The van der Waals surface area contributed by atoms with Gasteiger partial charge >= 0.3 is 6.18 Å². The Hall–Kier alpha value is -4.47. The Bertz CT molecular complexity index is 1610. The predicted molar refractivity (Wildman–Crippen MR) is 122 cm³/mol. The van der Waals surface area contributed by atoms with E-state index in [1.54, 1.807) is 37.4 Å². The molecule has 4 heterocycles. The van der Waals surface area contributed by atoms with E-state index in [1.165, 1.54) is 29.2 Å². The van der Waals surface area contributed by atoms with Gasteiger partial charge in [0.1, 0.15) is 5.65 Å². The van der Waals surface area contributed by atoms with Gasteiger partial charge in [-0.2, -0.15) is 13.2 Å². The lowest BCUT2D eigenvalue weighted by Gasteiger charge is -2.15. The Morgan fingerprint density at radius 1 is 1.06 bits per heavy atom. The zero-order valence-corrected chi connectivity index (χ0v) is 18.2. The fourth-order valence-corrected chi connectivity index (χ4v) is 3.87. The van der Waals surface area contributed by atoms with Gasteiger partial charge < -0.3 is 9.73 Å². The summed E-state index contributed by atoms with van der Waals surface area (Å²) in [6.07, 6.45) is -0.234. The molecule has 1 N–H and O–H groups in total. The van der Waals surface area contributed by atoms with Crippen LogP contribution < -0.4 is 10.9 Å². The van der Waals surface area contributed by atoms with Crippen molar-refractivity contribution in [3.63, 3.8) is 0 Å². The van der Waals surface area contributed by atoms with Gasteiger partial charge in [0.15, 0.2) is 5.58 Å². The lowest BCUT2D eigenvalue weighted by atomic mass is 10.1. The Morgan fingerprint density at radius 3 is 2.51 bits per heavy atom. The van der Waals surface area contributed by atoms with Crippen LogP contribution in [0.15, 0.2) is 82.5 Å². The molecule has 1 atom stereocenters. The summed E-state index contributed by atoms with van der Waals surface area (Å²) >= 11 is 0. The molecule has 1 aromatic carbocycles. The number of carbonyl (C=O) groups is 1. The standard InChI is InChI=1S/C25H17F3N4O3/c1-14(20-4-2-3-10-29-20)31-23(33)15-12-19-18-9-11-35-21(18)24(34)32(22(19)30-13-15)17-7-5-16(6-8-17)25(26,27)28/h2-14H,1H3,(H,31,33)/t14-/m0/s1. The smallest absolute Gasteiger partial charge is 0.416 e. The third-order valence-corrected chi connectivity index (χ3v) is 5.63.